The summed E-state index contributed by atoms with van der Waals surface area (Å²) in [5, 5.41) is 18.3. The van der Waals surface area contributed by atoms with Crippen molar-refractivity contribution in [3.63, 3.8) is 0 Å². The van der Waals surface area contributed by atoms with Crippen molar-refractivity contribution in [2.45, 2.75) is 142 Å². The third kappa shape index (κ3) is 40.8. The highest BCUT2D eigenvalue weighted by molar-refractivity contribution is 7.47. The molecule has 3 N–H and O–H groups in total. The van der Waals surface area contributed by atoms with Crippen LogP contribution in [0.15, 0.2) is 109 Å². The molecule has 0 aliphatic heterocycles. The minimum absolute atomic E-state index is 0.00598. The largest absolute Gasteiger partial charge is 0.472 e. The van der Waals surface area contributed by atoms with Crippen molar-refractivity contribution in [3.8, 4) is 0 Å². The Morgan fingerprint density at radius 3 is 1.45 bits per heavy atom. The lowest BCUT2D eigenvalue weighted by atomic mass is 10.1. The number of carbonyl (C=O) groups excluding carboxylic acids is 1. The predicted octanol–water partition coefficient (Wildman–Crippen LogP) is 11.5. The van der Waals surface area contributed by atoms with E-state index in [-0.39, 0.29) is 13.0 Å². The molecule has 10 heteroatoms. The molecule has 0 heterocycles. The van der Waals surface area contributed by atoms with E-state index < -0.39 is 45.8 Å². The molecule has 0 aromatic rings. The number of carbonyl (C=O) groups is 1. The monoisotopic (exact) mass is 803 g/mol. The molecule has 318 valence electrons. The number of aliphatic hydroxyl groups excluding tert-OH is 2. The Hall–Kier alpha value is -2.88. The average molecular weight is 803 g/mol. The van der Waals surface area contributed by atoms with E-state index in [9.17, 15) is 19.4 Å². The summed E-state index contributed by atoms with van der Waals surface area (Å²) in [6, 6.07) is 0. The molecule has 0 radical (unpaired) electrons. The van der Waals surface area contributed by atoms with Crippen LogP contribution in [0.1, 0.15) is 129 Å². The number of phosphoric ester groups is 1. The van der Waals surface area contributed by atoms with Crippen LogP contribution in [-0.4, -0.2) is 66.3 Å². The number of unbranched alkanes of at least 4 members (excludes halogenated alkanes) is 6. The SMILES string of the molecule is CC/C=C\C/C=C\C/C=C\C/C=C\C/C=C\C/C=C\CCCOCC(COP(=O)(O)OCC(O)CO)OC(=O)CCCCCCC/C=C\C/C=C\C/C=C\CC. The first-order valence-corrected chi connectivity index (χ1v) is 22.4. The van der Waals surface area contributed by atoms with Gasteiger partial charge in [-0.25, -0.2) is 4.57 Å². The topological polar surface area (TPSA) is 132 Å². The summed E-state index contributed by atoms with van der Waals surface area (Å²) in [6.45, 7) is 3.06. The van der Waals surface area contributed by atoms with Gasteiger partial charge < -0.3 is 24.6 Å². The van der Waals surface area contributed by atoms with Crippen molar-refractivity contribution in [3.05, 3.63) is 109 Å². The second-order valence-electron chi connectivity index (χ2n) is 13.2. The molecule has 0 aliphatic rings. The lowest BCUT2D eigenvalue weighted by molar-refractivity contribution is -0.154. The Balaban J connectivity index is 4.36. The molecule has 9 nitrogen and oxygen atoms in total. The van der Waals surface area contributed by atoms with Gasteiger partial charge in [-0.05, 0) is 89.9 Å². The van der Waals surface area contributed by atoms with Gasteiger partial charge in [0.1, 0.15) is 12.2 Å². The third-order valence-electron chi connectivity index (χ3n) is 7.95. The number of aliphatic hydroxyl groups is 2. The molecule has 0 aromatic carbocycles. The van der Waals surface area contributed by atoms with Crippen molar-refractivity contribution >= 4 is 13.8 Å². The summed E-state index contributed by atoms with van der Waals surface area (Å²) in [4.78, 5) is 22.5. The normalized spacial score (nSPS) is 15.2. The van der Waals surface area contributed by atoms with E-state index in [4.69, 9.17) is 23.6 Å². The van der Waals surface area contributed by atoms with Crippen LogP contribution in [0.5, 0.6) is 0 Å². The minimum Gasteiger partial charge on any atom is -0.457 e. The number of hydrogen-bond acceptors (Lipinski definition) is 8. The Morgan fingerprint density at radius 2 is 0.964 bits per heavy atom. The van der Waals surface area contributed by atoms with Crippen LogP contribution in [0.2, 0.25) is 0 Å². The molecule has 3 unspecified atom stereocenters. The summed E-state index contributed by atoms with van der Waals surface area (Å²) in [6.07, 6.45) is 53.4. The quantitative estimate of drug-likeness (QED) is 0.0241. The molecular weight excluding hydrogens is 727 g/mol. The molecule has 0 saturated heterocycles. The van der Waals surface area contributed by atoms with Crippen molar-refractivity contribution in [1.29, 1.82) is 0 Å². The highest BCUT2D eigenvalue weighted by Gasteiger charge is 2.26. The molecule has 0 bridgehead atoms. The van der Waals surface area contributed by atoms with Crippen molar-refractivity contribution in [2.24, 2.45) is 0 Å². The van der Waals surface area contributed by atoms with E-state index in [1.165, 1.54) is 0 Å². The van der Waals surface area contributed by atoms with Gasteiger partial charge in [0.05, 0.1) is 26.4 Å². The number of esters is 1. The fourth-order valence-corrected chi connectivity index (χ4v) is 5.64. The van der Waals surface area contributed by atoms with Gasteiger partial charge in [-0.15, -0.1) is 0 Å². The van der Waals surface area contributed by atoms with Gasteiger partial charge in [0.15, 0.2) is 0 Å². The molecule has 56 heavy (non-hydrogen) atoms. The minimum atomic E-state index is -4.55. The van der Waals surface area contributed by atoms with Gasteiger partial charge in [-0.3, -0.25) is 13.8 Å². The zero-order chi connectivity index (χ0) is 41.1. The lowest BCUT2D eigenvalue weighted by Gasteiger charge is -2.20. The standard InChI is InChI=1S/C46H75O9P/c1-3-5-7-9-11-13-15-17-19-20-21-22-23-25-27-29-31-33-35-37-39-52-42-45(43-54-56(50,51)53-41-44(48)40-47)55-46(49)38-36-34-32-30-28-26-24-18-16-14-12-10-8-6-4-2/h5-8,11-14,17-19,21-22,24-25,27,31,33,44-45,47-48H,3-4,9-10,15-16,20,23,26,28-30,32,34-43H2,1-2H3,(H,50,51)/b7-5-,8-6-,13-11-,14-12-,19-17-,22-21-,24-18-,27-25-,33-31-. The van der Waals surface area contributed by atoms with E-state index in [0.717, 1.165) is 103 Å². The summed E-state index contributed by atoms with van der Waals surface area (Å²) >= 11 is 0. The summed E-state index contributed by atoms with van der Waals surface area (Å²) in [5.74, 6) is -0.425. The fraction of sp³-hybridized carbons (Fsp3) is 0.587. The molecule has 3 atom stereocenters. The Labute approximate surface area is 340 Å². The van der Waals surface area contributed by atoms with Crippen molar-refractivity contribution in [1.82, 2.24) is 0 Å². The van der Waals surface area contributed by atoms with Crippen LogP contribution in [0.3, 0.4) is 0 Å². The van der Waals surface area contributed by atoms with E-state index in [1.54, 1.807) is 0 Å². The second kappa shape index (κ2) is 41.7. The van der Waals surface area contributed by atoms with E-state index in [0.29, 0.717) is 13.0 Å². The Bertz CT molecular complexity index is 1230. The van der Waals surface area contributed by atoms with Crippen LogP contribution in [0.4, 0.5) is 0 Å². The van der Waals surface area contributed by atoms with E-state index >= 15 is 0 Å². The first-order valence-electron chi connectivity index (χ1n) is 20.9. The average Bonchev–Trinajstić information content (AvgIpc) is 3.19. The number of ether oxygens (including phenoxy) is 2. The summed E-state index contributed by atoms with van der Waals surface area (Å²) < 4.78 is 33.2. The molecule has 0 spiro atoms. The molecule has 0 saturated carbocycles. The molecule has 0 fully saturated rings. The maximum Gasteiger partial charge on any atom is 0.472 e. The van der Waals surface area contributed by atoms with E-state index in [2.05, 4.69) is 123 Å². The fourth-order valence-electron chi connectivity index (χ4n) is 4.85. The van der Waals surface area contributed by atoms with Gasteiger partial charge in [-0.1, -0.05) is 142 Å². The van der Waals surface area contributed by atoms with Crippen LogP contribution >= 0.6 is 7.82 Å². The van der Waals surface area contributed by atoms with Crippen molar-refractivity contribution in [2.75, 3.05) is 33.0 Å². The molecule has 0 rings (SSSR count). The Kier molecular flexibility index (Phi) is 39.6. The summed E-state index contributed by atoms with van der Waals surface area (Å²) in [5.41, 5.74) is 0. The lowest BCUT2D eigenvalue weighted by Crippen LogP contribution is -2.29. The zero-order valence-corrected chi connectivity index (χ0v) is 35.4. The molecule has 0 aliphatic carbocycles. The van der Waals surface area contributed by atoms with Gasteiger partial charge in [-0.2, -0.15) is 0 Å². The Morgan fingerprint density at radius 1 is 0.554 bits per heavy atom. The van der Waals surface area contributed by atoms with Crippen LogP contribution < -0.4 is 0 Å². The first-order chi connectivity index (χ1) is 27.3. The molecule has 0 amide bonds. The van der Waals surface area contributed by atoms with Crippen molar-refractivity contribution < 1.29 is 43.0 Å². The highest BCUT2D eigenvalue weighted by atomic mass is 31.2. The maximum atomic E-state index is 12.6. The predicted molar refractivity (Wildman–Crippen MR) is 232 cm³/mol. The first kappa shape index (κ1) is 53.1. The van der Waals surface area contributed by atoms with Crippen LogP contribution in [0.25, 0.3) is 0 Å². The smallest absolute Gasteiger partial charge is 0.457 e. The third-order valence-corrected chi connectivity index (χ3v) is 8.90. The van der Waals surface area contributed by atoms with Gasteiger partial charge in [0, 0.05) is 13.0 Å². The summed E-state index contributed by atoms with van der Waals surface area (Å²) in [7, 11) is -4.55. The van der Waals surface area contributed by atoms with Gasteiger partial charge >= 0.3 is 13.8 Å². The number of phosphoric acid groups is 1. The van der Waals surface area contributed by atoms with E-state index in [1.807, 2.05) is 0 Å². The molecular formula is C46H75O9P. The maximum absolute atomic E-state index is 12.6. The van der Waals surface area contributed by atoms with Gasteiger partial charge in [0.25, 0.3) is 0 Å². The van der Waals surface area contributed by atoms with Crippen LogP contribution in [0, 0.1) is 0 Å². The zero-order valence-electron chi connectivity index (χ0n) is 34.5. The highest BCUT2D eigenvalue weighted by Crippen LogP contribution is 2.43. The number of allylic oxidation sites excluding steroid dienone is 18. The number of rotatable bonds is 38. The van der Waals surface area contributed by atoms with Crippen LogP contribution in [-0.2, 0) is 27.9 Å². The second-order valence-corrected chi connectivity index (χ2v) is 14.7. The van der Waals surface area contributed by atoms with Gasteiger partial charge in [0.2, 0.25) is 0 Å². The number of hydrogen-bond donors (Lipinski definition) is 3. The molecule has 0 aromatic heterocycles.